The number of likely N-dealkylation sites (N-methyl/N-ethyl adjacent to an activating group) is 1. The van der Waals surface area contributed by atoms with Crippen molar-refractivity contribution in [2.75, 3.05) is 26.2 Å². The van der Waals surface area contributed by atoms with Crippen molar-refractivity contribution in [1.82, 2.24) is 10.2 Å². The van der Waals surface area contributed by atoms with Gasteiger partial charge in [-0.25, -0.2) is 0 Å². The van der Waals surface area contributed by atoms with E-state index in [1.807, 2.05) is 6.92 Å². The number of carbonyl (C=O) groups excluding carboxylic acids is 3. The van der Waals surface area contributed by atoms with Gasteiger partial charge in [0.05, 0.1) is 6.61 Å². The fourth-order valence-corrected chi connectivity index (χ4v) is 2.52. The lowest BCUT2D eigenvalue weighted by molar-refractivity contribution is -0.148. The first-order chi connectivity index (χ1) is 10.1. The number of carbonyl (C=O) groups is 3. The van der Waals surface area contributed by atoms with Crippen LogP contribution in [0.5, 0.6) is 0 Å². The van der Waals surface area contributed by atoms with Gasteiger partial charge in [-0.1, -0.05) is 12.8 Å². The zero-order chi connectivity index (χ0) is 15.7. The van der Waals surface area contributed by atoms with Crippen molar-refractivity contribution >= 4 is 17.8 Å². The number of hydrogen-bond acceptors (Lipinski definition) is 4. The van der Waals surface area contributed by atoms with E-state index in [4.69, 9.17) is 4.74 Å². The summed E-state index contributed by atoms with van der Waals surface area (Å²) in [7, 11) is 0. The largest absolute Gasteiger partial charge is 0.465 e. The molecule has 1 aliphatic carbocycles. The average Bonchev–Trinajstić information content (AvgIpc) is 2.99. The maximum Gasteiger partial charge on any atom is 0.325 e. The molecular formula is C15H26N2O4. The van der Waals surface area contributed by atoms with Crippen LogP contribution in [0.4, 0.5) is 0 Å². The van der Waals surface area contributed by atoms with Crippen molar-refractivity contribution < 1.29 is 19.1 Å². The molecule has 6 heteroatoms. The molecule has 0 unspecified atom stereocenters. The minimum absolute atomic E-state index is 0.0280. The highest BCUT2D eigenvalue weighted by Gasteiger charge is 2.22. The van der Waals surface area contributed by atoms with Crippen LogP contribution in [0.1, 0.15) is 46.0 Å². The summed E-state index contributed by atoms with van der Waals surface area (Å²) in [5, 5.41) is 2.81. The van der Waals surface area contributed by atoms with E-state index in [9.17, 15) is 14.4 Å². The molecule has 1 rings (SSSR count). The van der Waals surface area contributed by atoms with Gasteiger partial charge >= 0.3 is 5.97 Å². The van der Waals surface area contributed by atoms with Gasteiger partial charge in [0, 0.05) is 25.4 Å². The van der Waals surface area contributed by atoms with Gasteiger partial charge in [-0.3, -0.25) is 14.4 Å². The first-order valence-corrected chi connectivity index (χ1v) is 7.79. The quantitative estimate of drug-likeness (QED) is 0.681. The number of nitrogens with one attached hydrogen (secondary N) is 1. The van der Waals surface area contributed by atoms with Gasteiger partial charge in [0.25, 0.3) is 0 Å². The number of ether oxygens (including phenoxy) is 1. The van der Waals surface area contributed by atoms with Crippen molar-refractivity contribution in [2.45, 2.75) is 46.0 Å². The monoisotopic (exact) mass is 298 g/mol. The molecule has 0 aromatic heterocycles. The highest BCUT2D eigenvalue weighted by atomic mass is 16.5. The Morgan fingerprint density at radius 3 is 2.43 bits per heavy atom. The summed E-state index contributed by atoms with van der Waals surface area (Å²) in [6, 6.07) is 0. The topological polar surface area (TPSA) is 75.7 Å². The molecule has 1 fully saturated rings. The van der Waals surface area contributed by atoms with Crippen LogP contribution in [-0.4, -0.2) is 48.9 Å². The lowest BCUT2D eigenvalue weighted by Crippen LogP contribution is -2.39. The van der Waals surface area contributed by atoms with Crippen LogP contribution in [0.15, 0.2) is 0 Å². The van der Waals surface area contributed by atoms with E-state index in [1.54, 1.807) is 6.92 Å². The zero-order valence-electron chi connectivity index (χ0n) is 13.0. The van der Waals surface area contributed by atoms with Crippen LogP contribution in [0.25, 0.3) is 0 Å². The minimum atomic E-state index is -0.400. The van der Waals surface area contributed by atoms with Crippen LogP contribution >= 0.6 is 0 Å². The van der Waals surface area contributed by atoms with E-state index in [1.165, 1.54) is 4.90 Å². The Morgan fingerprint density at radius 1 is 1.19 bits per heavy atom. The Bertz CT molecular complexity index is 365. The number of rotatable bonds is 8. The maximum absolute atomic E-state index is 12.0. The molecule has 0 bridgehead atoms. The normalized spacial score (nSPS) is 14.8. The molecule has 0 saturated heterocycles. The van der Waals surface area contributed by atoms with Crippen LogP contribution in [0, 0.1) is 5.92 Å². The van der Waals surface area contributed by atoms with Gasteiger partial charge < -0.3 is 15.0 Å². The van der Waals surface area contributed by atoms with Gasteiger partial charge in [-0.15, -0.1) is 0 Å². The fraction of sp³-hybridized carbons (Fsp3) is 0.800. The fourth-order valence-electron chi connectivity index (χ4n) is 2.52. The molecule has 21 heavy (non-hydrogen) atoms. The van der Waals surface area contributed by atoms with Crippen LogP contribution in [0.3, 0.4) is 0 Å². The first-order valence-electron chi connectivity index (χ1n) is 7.79. The average molecular weight is 298 g/mol. The van der Waals surface area contributed by atoms with Gasteiger partial charge in [0.15, 0.2) is 0 Å². The molecule has 1 N–H and O–H groups in total. The third kappa shape index (κ3) is 6.14. The second-order valence-corrected chi connectivity index (χ2v) is 5.24. The molecule has 0 radical (unpaired) electrons. The van der Waals surface area contributed by atoms with Crippen molar-refractivity contribution in [3.8, 4) is 0 Å². The Hall–Kier alpha value is -1.59. The van der Waals surface area contributed by atoms with Crippen LogP contribution in [0.2, 0.25) is 0 Å². The van der Waals surface area contributed by atoms with E-state index in [0.717, 1.165) is 25.7 Å². The van der Waals surface area contributed by atoms with Crippen LogP contribution in [-0.2, 0) is 19.1 Å². The van der Waals surface area contributed by atoms with Crippen molar-refractivity contribution in [3.05, 3.63) is 0 Å². The molecule has 6 nitrogen and oxygen atoms in total. The summed E-state index contributed by atoms with van der Waals surface area (Å²) in [6.07, 6.45) is 4.33. The predicted molar refractivity (Wildman–Crippen MR) is 78.5 cm³/mol. The number of esters is 1. The zero-order valence-corrected chi connectivity index (χ0v) is 13.0. The lowest BCUT2D eigenvalue weighted by atomic mass is 10.1. The van der Waals surface area contributed by atoms with E-state index in [-0.39, 0.29) is 30.7 Å². The van der Waals surface area contributed by atoms with Gasteiger partial charge in [0.1, 0.15) is 6.54 Å². The molecule has 0 heterocycles. The van der Waals surface area contributed by atoms with E-state index in [0.29, 0.717) is 19.7 Å². The molecule has 120 valence electrons. The van der Waals surface area contributed by atoms with Gasteiger partial charge in [0.2, 0.25) is 11.8 Å². The Balaban J connectivity index is 2.26. The molecule has 1 saturated carbocycles. The van der Waals surface area contributed by atoms with Crippen LogP contribution < -0.4 is 5.32 Å². The van der Waals surface area contributed by atoms with E-state index >= 15 is 0 Å². The number of amides is 2. The highest BCUT2D eigenvalue weighted by Crippen LogP contribution is 2.24. The summed E-state index contributed by atoms with van der Waals surface area (Å²) in [4.78, 5) is 36.6. The Morgan fingerprint density at radius 2 is 1.86 bits per heavy atom. The van der Waals surface area contributed by atoms with E-state index < -0.39 is 5.97 Å². The van der Waals surface area contributed by atoms with Crippen molar-refractivity contribution in [2.24, 2.45) is 5.92 Å². The molecule has 0 atom stereocenters. The summed E-state index contributed by atoms with van der Waals surface area (Å²) < 4.78 is 4.83. The first kappa shape index (κ1) is 17.5. The number of hydrogen-bond donors (Lipinski definition) is 1. The molecule has 0 spiro atoms. The third-order valence-electron chi connectivity index (χ3n) is 3.72. The van der Waals surface area contributed by atoms with E-state index in [2.05, 4.69) is 5.32 Å². The van der Waals surface area contributed by atoms with Crippen molar-refractivity contribution in [3.63, 3.8) is 0 Å². The smallest absolute Gasteiger partial charge is 0.325 e. The standard InChI is InChI=1S/C15H26N2O4/c1-3-17(11-14(19)21-4-2)13(18)9-10-16-15(20)12-7-5-6-8-12/h12H,3-11H2,1-2H3,(H,16,20). The Labute approximate surface area is 126 Å². The summed E-state index contributed by atoms with van der Waals surface area (Å²) >= 11 is 0. The van der Waals surface area contributed by atoms with Gasteiger partial charge in [-0.05, 0) is 26.7 Å². The molecule has 1 aliphatic rings. The second kappa shape index (κ2) is 9.37. The Kier molecular flexibility index (Phi) is 7.79. The molecule has 0 aromatic rings. The number of nitrogens with zero attached hydrogens (tertiary/aromatic N) is 1. The SMILES string of the molecule is CCOC(=O)CN(CC)C(=O)CCNC(=O)C1CCCC1. The summed E-state index contributed by atoms with van der Waals surface area (Å²) in [5.74, 6) is -0.379. The summed E-state index contributed by atoms with van der Waals surface area (Å²) in [6.45, 7) is 4.60. The maximum atomic E-state index is 12.0. The summed E-state index contributed by atoms with van der Waals surface area (Å²) in [5.41, 5.74) is 0. The van der Waals surface area contributed by atoms with Gasteiger partial charge in [-0.2, -0.15) is 0 Å². The third-order valence-corrected chi connectivity index (χ3v) is 3.72. The molecule has 0 aliphatic heterocycles. The van der Waals surface area contributed by atoms with Crippen molar-refractivity contribution in [1.29, 1.82) is 0 Å². The second-order valence-electron chi connectivity index (χ2n) is 5.24. The molecule has 2 amide bonds. The molecule has 0 aromatic carbocycles. The highest BCUT2D eigenvalue weighted by molar-refractivity contribution is 5.83. The minimum Gasteiger partial charge on any atom is -0.465 e. The predicted octanol–water partition coefficient (Wildman–Crippen LogP) is 1.09. The lowest BCUT2D eigenvalue weighted by Gasteiger charge is -2.20. The molecular weight excluding hydrogens is 272 g/mol.